The summed E-state index contributed by atoms with van der Waals surface area (Å²) in [5, 5.41) is 0. The van der Waals surface area contributed by atoms with Gasteiger partial charge < -0.3 is 21.5 Å². The van der Waals surface area contributed by atoms with Crippen molar-refractivity contribution in [2.75, 3.05) is 27.2 Å². The number of hydrogen-bond donors (Lipinski definition) is 0. The van der Waals surface area contributed by atoms with Crippen LogP contribution in [-0.2, 0) is 0 Å². The maximum absolute atomic E-state index is 2.45. The molecule has 0 amide bonds. The summed E-state index contributed by atoms with van der Waals surface area (Å²) in [7, 11) is 4.89. The van der Waals surface area contributed by atoms with E-state index in [9.17, 15) is 0 Å². The Bertz CT molecular complexity index is 258. The van der Waals surface area contributed by atoms with Crippen LogP contribution in [0.3, 0.4) is 0 Å². The second-order valence-corrected chi connectivity index (χ2v) is 9.75. The second kappa shape index (κ2) is 26.8. The van der Waals surface area contributed by atoms with Gasteiger partial charge in [0.1, 0.15) is 0 Å². The topological polar surface area (TPSA) is 0 Å². The first kappa shape index (κ1) is 34.4. The van der Waals surface area contributed by atoms with E-state index in [1.165, 1.54) is 146 Å². The molecule has 0 aromatic heterocycles. The van der Waals surface area contributed by atoms with Crippen molar-refractivity contribution in [2.24, 2.45) is 0 Å². The molecule has 0 bridgehead atoms. The molecule has 0 saturated carbocycles. The van der Waals surface area contributed by atoms with Gasteiger partial charge >= 0.3 is 0 Å². The second-order valence-electron chi connectivity index (χ2n) is 9.75. The van der Waals surface area contributed by atoms with Gasteiger partial charge in [-0.1, -0.05) is 117 Å². The van der Waals surface area contributed by atoms with E-state index in [0.29, 0.717) is 0 Å². The Kier molecular flexibility index (Phi) is 31.8. The van der Waals surface area contributed by atoms with E-state index in [2.05, 4.69) is 27.9 Å². The van der Waals surface area contributed by atoms with E-state index in [4.69, 9.17) is 0 Å². The lowest BCUT2D eigenvalue weighted by Gasteiger charge is -2.30. The smallest absolute Gasteiger partial charge is 0.0782 e. The van der Waals surface area contributed by atoms with Gasteiger partial charge in [0, 0.05) is 0 Å². The molecule has 0 rings (SSSR count). The zero-order valence-corrected chi connectivity index (χ0v) is 23.5. The van der Waals surface area contributed by atoms with Gasteiger partial charge in [-0.2, -0.15) is 13.5 Å². The van der Waals surface area contributed by atoms with Crippen LogP contribution in [0.1, 0.15) is 142 Å². The zero-order chi connectivity index (χ0) is 20.1. The number of quaternary nitrogens is 1. The van der Waals surface area contributed by atoms with Crippen LogP contribution in [0.2, 0.25) is 0 Å². The molecule has 3 heteroatoms. The Morgan fingerprint density at radius 2 is 0.586 bits per heavy atom. The van der Waals surface area contributed by atoms with E-state index in [0.717, 1.165) is 0 Å². The molecule has 0 aliphatic heterocycles. The van der Waals surface area contributed by atoms with Crippen LogP contribution in [0.5, 0.6) is 0 Å². The molecule has 0 saturated heterocycles. The van der Waals surface area contributed by atoms with Gasteiger partial charge in [0.25, 0.3) is 0 Å². The highest BCUT2D eigenvalue weighted by molar-refractivity contribution is 7.59. The summed E-state index contributed by atoms with van der Waals surface area (Å²) in [6, 6.07) is 0. The molecule has 0 fully saturated rings. The van der Waals surface area contributed by atoms with Crippen LogP contribution in [0.4, 0.5) is 0 Å². The fourth-order valence-electron chi connectivity index (χ4n) is 4.17. The summed E-state index contributed by atoms with van der Waals surface area (Å²) in [6.07, 6.45) is 29.0. The van der Waals surface area contributed by atoms with E-state index in [1.807, 2.05) is 0 Å². The van der Waals surface area contributed by atoms with Crippen molar-refractivity contribution in [3.8, 4) is 0 Å². The van der Waals surface area contributed by atoms with Crippen LogP contribution in [0, 0.1) is 0 Å². The molecule has 29 heavy (non-hydrogen) atoms. The van der Waals surface area contributed by atoms with E-state index < -0.39 is 0 Å². The van der Waals surface area contributed by atoms with Crippen LogP contribution < -0.4 is 17.0 Å². The first-order chi connectivity index (χ1) is 13.1. The molecule has 0 heterocycles. The summed E-state index contributed by atoms with van der Waals surface area (Å²) in [5.74, 6) is 0. The quantitative estimate of drug-likeness (QED) is 0.127. The van der Waals surface area contributed by atoms with Gasteiger partial charge in [-0.05, 0) is 25.7 Å². The van der Waals surface area contributed by atoms with E-state index in [1.54, 1.807) is 0 Å². The van der Waals surface area contributed by atoms with Gasteiger partial charge in [0.05, 0.1) is 27.2 Å². The minimum absolute atomic E-state index is 0. The predicted octanol–water partition coefficient (Wildman–Crippen LogP) is 6.02. The zero-order valence-electron chi connectivity index (χ0n) is 20.9. The van der Waals surface area contributed by atoms with Crippen molar-refractivity contribution in [3.05, 3.63) is 0 Å². The molecule has 0 aromatic carbocycles. The summed E-state index contributed by atoms with van der Waals surface area (Å²) < 4.78 is 1.24. The molecule has 0 aromatic rings. The molecule has 0 aliphatic carbocycles. The molecule has 1 nitrogen and oxygen atoms in total. The van der Waals surface area contributed by atoms with Crippen molar-refractivity contribution in [1.82, 2.24) is 0 Å². The molecule has 0 radical (unpaired) electrons. The fraction of sp³-hybridized carbons (Fsp3) is 1.00. The Hall–Kier alpha value is 0.790. The van der Waals surface area contributed by atoms with Crippen molar-refractivity contribution in [3.63, 3.8) is 0 Å². The minimum Gasteiger partial charge on any atom is -1.00 e. The molecular weight excluding hydrogens is 438 g/mol. The van der Waals surface area contributed by atoms with Gasteiger partial charge in [0.15, 0.2) is 0 Å². The lowest BCUT2D eigenvalue weighted by molar-refractivity contribution is -0.890. The van der Waals surface area contributed by atoms with Crippen molar-refractivity contribution >= 4 is 13.5 Å². The maximum Gasteiger partial charge on any atom is 0.0782 e. The van der Waals surface area contributed by atoms with Crippen molar-refractivity contribution in [2.45, 2.75) is 142 Å². The van der Waals surface area contributed by atoms with Gasteiger partial charge in [-0.3, -0.25) is 0 Å². The molecule has 0 N–H and O–H groups in total. The molecule has 0 aliphatic rings. The number of unbranched alkanes of at least 4 members (excludes halogenated alkanes) is 18. The molecule has 0 unspecified atom stereocenters. The molecule has 0 spiro atoms. The lowest BCUT2D eigenvalue weighted by atomic mass is 10.1. The molecule has 0 atom stereocenters. The van der Waals surface area contributed by atoms with E-state index >= 15 is 0 Å². The monoisotopic (exact) mass is 495 g/mol. The Morgan fingerprint density at radius 1 is 0.379 bits per heavy atom. The number of nitrogens with zero attached hydrogens (tertiary/aromatic N) is 1. The summed E-state index contributed by atoms with van der Waals surface area (Å²) in [5.41, 5.74) is 0. The third kappa shape index (κ3) is 28.8. The van der Waals surface area contributed by atoms with E-state index in [-0.39, 0.29) is 30.5 Å². The minimum atomic E-state index is 0. The van der Waals surface area contributed by atoms with Crippen molar-refractivity contribution in [1.29, 1.82) is 0 Å². The van der Waals surface area contributed by atoms with Gasteiger partial charge in [0.2, 0.25) is 0 Å². The average Bonchev–Trinajstić information content (AvgIpc) is 2.64. The highest BCUT2D eigenvalue weighted by atomic mass is 79.9. The number of rotatable bonds is 22. The van der Waals surface area contributed by atoms with Gasteiger partial charge in [-0.15, -0.1) is 0 Å². The summed E-state index contributed by atoms with van der Waals surface area (Å²) in [4.78, 5) is 0. The number of halogens is 1. The maximum atomic E-state index is 2.45. The highest BCUT2D eigenvalue weighted by Gasteiger charge is 2.13. The molecular formula is C26H58BrNS. The normalized spacial score (nSPS) is 11.2. The number of hydrogen-bond acceptors (Lipinski definition) is 0. The Balaban J connectivity index is -0.00000338. The fourth-order valence-corrected chi connectivity index (χ4v) is 4.17. The third-order valence-corrected chi connectivity index (χ3v) is 6.23. The highest BCUT2D eigenvalue weighted by Crippen LogP contribution is 2.14. The van der Waals surface area contributed by atoms with Gasteiger partial charge in [-0.25, -0.2) is 0 Å². The summed E-state index contributed by atoms with van der Waals surface area (Å²) in [6.45, 7) is 7.37. The van der Waals surface area contributed by atoms with Crippen LogP contribution >= 0.6 is 13.5 Å². The largest absolute Gasteiger partial charge is 1.00 e. The van der Waals surface area contributed by atoms with Crippen LogP contribution in [0.25, 0.3) is 0 Å². The predicted molar refractivity (Wildman–Crippen MR) is 136 cm³/mol. The summed E-state index contributed by atoms with van der Waals surface area (Å²) >= 11 is 0. The average molecular weight is 497 g/mol. The first-order valence-corrected chi connectivity index (χ1v) is 12.9. The third-order valence-electron chi connectivity index (χ3n) is 6.23. The SMILES string of the molecule is CCCCCCCCCCCC[N+](C)(C)CCCCCCCCCCCC.S.[Br-]. The Labute approximate surface area is 204 Å². The van der Waals surface area contributed by atoms with Crippen LogP contribution in [0.15, 0.2) is 0 Å². The first-order valence-electron chi connectivity index (χ1n) is 12.9. The Morgan fingerprint density at radius 3 is 0.828 bits per heavy atom. The van der Waals surface area contributed by atoms with Crippen molar-refractivity contribution < 1.29 is 21.5 Å². The lowest BCUT2D eigenvalue weighted by Crippen LogP contribution is -3.00. The standard InChI is InChI=1S/C26H56N.BrH.H2S/c1-5-7-9-11-13-15-17-19-21-23-25-27(3,4)26-24-22-20-18-16-14-12-10-8-6-2;;/h5-26H2,1-4H3;1H;1H2/q+1;;/p-1. The molecule has 180 valence electrons. The van der Waals surface area contributed by atoms with Crippen LogP contribution in [-0.4, -0.2) is 31.7 Å².